The van der Waals surface area contributed by atoms with Gasteiger partial charge in [-0.15, -0.1) is 0 Å². The van der Waals surface area contributed by atoms with Gasteiger partial charge in [0.15, 0.2) is 0 Å². The lowest BCUT2D eigenvalue weighted by molar-refractivity contribution is 1.22. The lowest BCUT2D eigenvalue weighted by Crippen LogP contribution is -1.92. The van der Waals surface area contributed by atoms with Gasteiger partial charge >= 0.3 is 0 Å². The maximum atomic E-state index is 9.07. The quantitative estimate of drug-likeness (QED) is 0.773. The minimum Gasteiger partial charge on any atom is -0.192 e. The monoisotopic (exact) mass is 259 g/mol. The molecule has 0 bridgehead atoms. The molecule has 0 spiro atoms. The summed E-state index contributed by atoms with van der Waals surface area (Å²) in [6.07, 6.45) is 4.44. The largest absolute Gasteiger partial charge is 0.192 e. The molecule has 1 aromatic rings. The van der Waals surface area contributed by atoms with E-state index in [-0.39, 0.29) is 0 Å². The molecular formula is C14H10ClNS. The molecule has 17 heavy (non-hydrogen) atoms. The van der Waals surface area contributed by atoms with Crippen LogP contribution >= 0.6 is 23.4 Å². The summed E-state index contributed by atoms with van der Waals surface area (Å²) >= 11 is 7.33. The molecule has 1 aliphatic rings. The van der Waals surface area contributed by atoms with Crippen molar-refractivity contribution < 1.29 is 0 Å². The molecule has 3 heteroatoms. The Hall–Kier alpha value is -1.43. The van der Waals surface area contributed by atoms with E-state index in [9.17, 15) is 0 Å². The molecule has 0 aromatic heterocycles. The first kappa shape index (κ1) is 12.0. The van der Waals surface area contributed by atoms with Gasteiger partial charge < -0.3 is 0 Å². The van der Waals surface area contributed by atoms with Crippen molar-refractivity contribution in [3.63, 3.8) is 0 Å². The molecule has 0 fully saturated rings. The predicted octanol–water partition coefficient (Wildman–Crippen LogP) is 4.64. The van der Waals surface area contributed by atoms with Gasteiger partial charge in [-0.05, 0) is 23.8 Å². The molecule has 0 heterocycles. The van der Waals surface area contributed by atoms with Gasteiger partial charge in [0.2, 0.25) is 0 Å². The van der Waals surface area contributed by atoms with Crippen LogP contribution < -0.4 is 0 Å². The maximum absolute atomic E-state index is 9.07. The van der Waals surface area contributed by atoms with Crippen LogP contribution in [0.4, 0.5) is 0 Å². The summed E-state index contributed by atoms with van der Waals surface area (Å²) in [4.78, 5) is 2.19. The molecule has 0 amide bonds. The number of hydrogen-bond acceptors (Lipinski definition) is 2. The summed E-state index contributed by atoms with van der Waals surface area (Å²) in [6.45, 7) is 0. The molecule has 1 aromatic carbocycles. The van der Waals surface area contributed by atoms with Crippen molar-refractivity contribution in [1.29, 1.82) is 5.26 Å². The Morgan fingerprint density at radius 3 is 2.65 bits per heavy atom. The molecule has 0 aliphatic heterocycles. The van der Waals surface area contributed by atoms with E-state index in [1.807, 2.05) is 42.5 Å². The third-order valence-corrected chi connectivity index (χ3v) is 3.77. The topological polar surface area (TPSA) is 23.8 Å². The van der Waals surface area contributed by atoms with Crippen LogP contribution in [0.2, 0.25) is 0 Å². The van der Waals surface area contributed by atoms with Crippen LogP contribution in [0.1, 0.15) is 6.42 Å². The van der Waals surface area contributed by atoms with E-state index in [2.05, 4.69) is 6.07 Å². The SMILES string of the molecule is N#CC1=C(Sc2ccccc2)CC(=CCl)C=C1. The minimum atomic E-state index is 0.723. The Kier molecular flexibility index (Phi) is 4.08. The Balaban J connectivity index is 2.27. The smallest absolute Gasteiger partial charge is 0.1000 e. The second kappa shape index (κ2) is 5.77. The van der Waals surface area contributed by atoms with E-state index < -0.39 is 0 Å². The molecule has 0 radical (unpaired) electrons. The molecule has 2 rings (SSSR count). The second-order valence-electron chi connectivity index (χ2n) is 3.56. The highest BCUT2D eigenvalue weighted by Gasteiger charge is 2.12. The lowest BCUT2D eigenvalue weighted by atomic mass is 10.0. The number of nitrogens with zero attached hydrogens (tertiary/aromatic N) is 1. The molecule has 0 saturated heterocycles. The molecule has 0 atom stereocenters. The van der Waals surface area contributed by atoms with Crippen molar-refractivity contribution >= 4 is 23.4 Å². The van der Waals surface area contributed by atoms with Crippen molar-refractivity contribution in [2.24, 2.45) is 0 Å². The Morgan fingerprint density at radius 2 is 2.00 bits per heavy atom. The van der Waals surface area contributed by atoms with E-state index in [0.717, 1.165) is 27.4 Å². The van der Waals surface area contributed by atoms with Crippen LogP contribution in [0.25, 0.3) is 0 Å². The first-order valence-electron chi connectivity index (χ1n) is 5.17. The normalized spacial score (nSPS) is 17.3. The number of nitriles is 1. The van der Waals surface area contributed by atoms with Crippen molar-refractivity contribution in [3.8, 4) is 6.07 Å². The summed E-state index contributed by atoms with van der Waals surface area (Å²) in [5.41, 5.74) is 3.32. The molecule has 0 saturated carbocycles. The van der Waals surface area contributed by atoms with Crippen molar-refractivity contribution in [3.05, 3.63) is 64.1 Å². The van der Waals surface area contributed by atoms with Gasteiger partial charge in [-0.1, -0.05) is 47.6 Å². The Bertz CT molecular complexity index is 535. The fourth-order valence-electron chi connectivity index (χ4n) is 1.52. The molecule has 1 nitrogen and oxygen atoms in total. The summed E-state index contributed by atoms with van der Waals surface area (Å²) in [7, 11) is 0. The van der Waals surface area contributed by atoms with Gasteiger partial charge in [0.05, 0.1) is 11.6 Å². The number of rotatable bonds is 2. The average Bonchev–Trinajstić information content (AvgIpc) is 2.40. The van der Waals surface area contributed by atoms with E-state index in [4.69, 9.17) is 16.9 Å². The first-order valence-corrected chi connectivity index (χ1v) is 6.42. The summed E-state index contributed by atoms with van der Waals surface area (Å²) in [5.74, 6) is 0. The number of halogens is 1. The highest BCUT2D eigenvalue weighted by Crippen LogP contribution is 2.36. The lowest BCUT2D eigenvalue weighted by Gasteiger charge is -2.13. The third-order valence-electron chi connectivity index (χ3n) is 2.37. The van der Waals surface area contributed by atoms with Crippen molar-refractivity contribution in [1.82, 2.24) is 0 Å². The summed E-state index contributed by atoms with van der Waals surface area (Å²) in [6, 6.07) is 12.3. The van der Waals surface area contributed by atoms with Crippen LogP contribution in [0, 0.1) is 11.3 Å². The van der Waals surface area contributed by atoms with E-state index in [0.29, 0.717) is 0 Å². The third kappa shape index (κ3) is 3.03. The average molecular weight is 260 g/mol. The van der Waals surface area contributed by atoms with Gasteiger partial charge in [0, 0.05) is 21.8 Å². The van der Waals surface area contributed by atoms with Gasteiger partial charge in [0.1, 0.15) is 0 Å². The zero-order valence-corrected chi connectivity index (χ0v) is 10.6. The fraction of sp³-hybridized carbons (Fsp3) is 0.0714. The number of allylic oxidation sites excluding steroid dienone is 5. The standard InChI is InChI=1S/C14H10ClNS/c15-9-11-6-7-12(10-16)14(8-11)17-13-4-2-1-3-5-13/h1-7,9H,8H2. The van der Waals surface area contributed by atoms with Crippen LogP contribution in [0.5, 0.6) is 0 Å². The van der Waals surface area contributed by atoms with Crippen LogP contribution in [-0.2, 0) is 0 Å². The van der Waals surface area contributed by atoms with Gasteiger partial charge in [0.25, 0.3) is 0 Å². The van der Waals surface area contributed by atoms with Crippen LogP contribution in [0.15, 0.2) is 69.0 Å². The maximum Gasteiger partial charge on any atom is 0.1000 e. The van der Waals surface area contributed by atoms with Gasteiger partial charge in [-0.3, -0.25) is 0 Å². The summed E-state index contributed by atoms with van der Waals surface area (Å²) in [5, 5.41) is 9.07. The Morgan fingerprint density at radius 1 is 1.24 bits per heavy atom. The van der Waals surface area contributed by atoms with Gasteiger partial charge in [-0.2, -0.15) is 5.26 Å². The molecular weight excluding hydrogens is 250 g/mol. The highest BCUT2D eigenvalue weighted by molar-refractivity contribution is 8.03. The van der Waals surface area contributed by atoms with Crippen LogP contribution in [-0.4, -0.2) is 0 Å². The second-order valence-corrected chi connectivity index (χ2v) is 4.94. The van der Waals surface area contributed by atoms with Crippen molar-refractivity contribution in [2.75, 3.05) is 0 Å². The number of hydrogen-bond donors (Lipinski definition) is 0. The molecule has 84 valence electrons. The molecule has 0 unspecified atom stereocenters. The Labute approximate surface area is 110 Å². The minimum absolute atomic E-state index is 0.723. The molecule has 1 aliphatic carbocycles. The number of thioether (sulfide) groups is 1. The predicted molar refractivity (Wildman–Crippen MR) is 72.6 cm³/mol. The number of benzene rings is 1. The first-order chi connectivity index (χ1) is 8.33. The van der Waals surface area contributed by atoms with Gasteiger partial charge in [-0.25, -0.2) is 0 Å². The zero-order chi connectivity index (χ0) is 12.1. The van der Waals surface area contributed by atoms with E-state index >= 15 is 0 Å². The fourth-order valence-corrected chi connectivity index (χ4v) is 2.71. The van der Waals surface area contributed by atoms with E-state index in [1.54, 1.807) is 17.3 Å². The summed E-state index contributed by atoms with van der Waals surface area (Å²) < 4.78 is 0. The zero-order valence-electron chi connectivity index (χ0n) is 9.06. The molecule has 0 N–H and O–H groups in total. The van der Waals surface area contributed by atoms with Crippen LogP contribution in [0.3, 0.4) is 0 Å². The highest BCUT2D eigenvalue weighted by atomic mass is 35.5. The van der Waals surface area contributed by atoms with E-state index in [1.165, 1.54) is 0 Å². The van der Waals surface area contributed by atoms with Crippen molar-refractivity contribution in [2.45, 2.75) is 11.3 Å².